The molecule has 2 aromatic carbocycles. The van der Waals surface area contributed by atoms with Gasteiger partial charge >= 0.3 is 0 Å². The Hall–Kier alpha value is -2.77. The number of hydrogen-bond acceptors (Lipinski definition) is 3. The first-order valence-corrected chi connectivity index (χ1v) is 8.64. The number of hydrogen-bond donors (Lipinski definition) is 1. The fraction of sp³-hybridized carbons (Fsp3) is 0.238. The van der Waals surface area contributed by atoms with Gasteiger partial charge in [0.2, 0.25) is 0 Å². The van der Waals surface area contributed by atoms with E-state index < -0.39 is 5.91 Å². The predicted octanol–water partition coefficient (Wildman–Crippen LogP) is 5.29. The molecule has 4 nitrogen and oxygen atoms in total. The maximum absolute atomic E-state index is 12.4. The second kappa shape index (κ2) is 8.55. The predicted molar refractivity (Wildman–Crippen MR) is 105 cm³/mol. The number of nitrogens with zero attached hydrogens (tertiary/aromatic N) is 1. The summed E-state index contributed by atoms with van der Waals surface area (Å²) < 4.78 is 5.58. The van der Waals surface area contributed by atoms with Crippen molar-refractivity contribution in [2.75, 3.05) is 5.32 Å². The molecule has 1 N–H and O–H groups in total. The zero-order chi connectivity index (χ0) is 19.3. The molecule has 26 heavy (non-hydrogen) atoms. The molecule has 0 spiro atoms. The summed E-state index contributed by atoms with van der Waals surface area (Å²) in [6, 6.07) is 12.7. The number of halogens is 1. The first kappa shape index (κ1) is 19.6. The average molecular weight is 369 g/mol. The van der Waals surface area contributed by atoms with Crippen LogP contribution in [-0.4, -0.2) is 12.0 Å². The molecule has 0 aliphatic heterocycles. The Kier molecular flexibility index (Phi) is 6.43. The van der Waals surface area contributed by atoms with Gasteiger partial charge in [-0.2, -0.15) is 5.26 Å². The normalized spacial score (nSPS) is 11.2. The van der Waals surface area contributed by atoms with Crippen LogP contribution in [0.15, 0.2) is 42.0 Å². The monoisotopic (exact) mass is 368 g/mol. The van der Waals surface area contributed by atoms with Crippen LogP contribution in [0.25, 0.3) is 6.08 Å². The lowest BCUT2D eigenvalue weighted by molar-refractivity contribution is -0.112. The van der Waals surface area contributed by atoms with Crippen molar-refractivity contribution >= 4 is 29.3 Å². The Morgan fingerprint density at radius 2 is 1.92 bits per heavy atom. The first-order valence-electron chi connectivity index (χ1n) is 8.26. The molecule has 0 aromatic heterocycles. The van der Waals surface area contributed by atoms with E-state index >= 15 is 0 Å². The molecular formula is C21H21ClN2O2. The van der Waals surface area contributed by atoms with Crippen LogP contribution in [0.3, 0.4) is 0 Å². The highest BCUT2D eigenvalue weighted by Gasteiger charge is 2.11. The van der Waals surface area contributed by atoms with Gasteiger partial charge in [-0.3, -0.25) is 4.79 Å². The Balaban J connectivity index is 2.21. The fourth-order valence-electron chi connectivity index (χ4n) is 2.29. The topological polar surface area (TPSA) is 62.1 Å². The van der Waals surface area contributed by atoms with Crippen LogP contribution in [0.5, 0.6) is 5.75 Å². The van der Waals surface area contributed by atoms with Crippen LogP contribution in [0.4, 0.5) is 5.69 Å². The molecule has 2 rings (SSSR count). The highest BCUT2D eigenvalue weighted by Crippen LogP contribution is 2.27. The minimum atomic E-state index is -0.464. The summed E-state index contributed by atoms with van der Waals surface area (Å²) in [5.74, 6) is 0.103. The maximum Gasteiger partial charge on any atom is 0.266 e. The summed E-state index contributed by atoms with van der Waals surface area (Å²) in [5, 5.41) is 12.5. The second-order valence-electron chi connectivity index (χ2n) is 6.28. The van der Waals surface area contributed by atoms with Crippen LogP contribution in [0.1, 0.15) is 30.5 Å². The number of rotatable bonds is 5. The molecule has 134 valence electrons. The van der Waals surface area contributed by atoms with E-state index in [0.717, 1.165) is 11.1 Å². The van der Waals surface area contributed by atoms with E-state index in [-0.39, 0.29) is 11.7 Å². The van der Waals surface area contributed by atoms with Gasteiger partial charge in [0.1, 0.15) is 17.4 Å². The molecule has 0 radical (unpaired) electrons. The van der Waals surface area contributed by atoms with Gasteiger partial charge in [0, 0.05) is 5.69 Å². The van der Waals surface area contributed by atoms with Crippen LogP contribution in [0, 0.1) is 25.2 Å². The number of carbonyl (C=O) groups excluding carboxylic acids is 1. The van der Waals surface area contributed by atoms with E-state index in [4.69, 9.17) is 16.3 Å². The maximum atomic E-state index is 12.4. The van der Waals surface area contributed by atoms with Crippen LogP contribution < -0.4 is 10.1 Å². The van der Waals surface area contributed by atoms with Crippen molar-refractivity contribution in [1.82, 2.24) is 0 Å². The summed E-state index contributed by atoms with van der Waals surface area (Å²) in [5.41, 5.74) is 3.50. The van der Waals surface area contributed by atoms with E-state index in [1.165, 1.54) is 6.08 Å². The summed E-state index contributed by atoms with van der Waals surface area (Å²) in [4.78, 5) is 12.4. The average Bonchev–Trinajstić information content (AvgIpc) is 2.58. The Bertz CT molecular complexity index is 895. The van der Waals surface area contributed by atoms with E-state index in [2.05, 4.69) is 5.32 Å². The highest BCUT2D eigenvalue weighted by molar-refractivity contribution is 6.32. The molecule has 0 heterocycles. The Morgan fingerprint density at radius 1 is 1.19 bits per heavy atom. The minimum Gasteiger partial charge on any atom is -0.489 e. The molecule has 0 saturated carbocycles. The number of ether oxygens (including phenoxy) is 1. The van der Waals surface area contributed by atoms with Gasteiger partial charge in [-0.05, 0) is 74.7 Å². The van der Waals surface area contributed by atoms with Gasteiger partial charge in [-0.15, -0.1) is 0 Å². The lowest BCUT2D eigenvalue weighted by Crippen LogP contribution is -2.13. The third-order valence-electron chi connectivity index (χ3n) is 3.76. The third-order valence-corrected chi connectivity index (χ3v) is 4.05. The van der Waals surface area contributed by atoms with Crippen molar-refractivity contribution in [2.45, 2.75) is 33.8 Å². The SMILES string of the molecule is Cc1ccc(NC(=O)/C(C#N)=C/c2ccc(OC(C)C)c(Cl)c2)cc1C. The Morgan fingerprint density at radius 3 is 2.50 bits per heavy atom. The van der Waals surface area contributed by atoms with Crippen molar-refractivity contribution in [3.63, 3.8) is 0 Å². The van der Waals surface area contributed by atoms with Crippen LogP contribution >= 0.6 is 11.6 Å². The van der Waals surface area contributed by atoms with Crippen molar-refractivity contribution < 1.29 is 9.53 Å². The van der Waals surface area contributed by atoms with Gasteiger partial charge in [-0.1, -0.05) is 23.7 Å². The number of benzene rings is 2. The summed E-state index contributed by atoms with van der Waals surface area (Å²) in [6.45, 7) is 7.79. The number of anilines is 1. The molecule has 5 heteroatoms. The smallest absolute Gasteiger partial charge is 0.266 e. The highest BCUT2D eigenvalue weighted by atomic mass is 35.5. The third kappa shape index (κ3) is 5.11. The summed E-state index contributed by atoms with van der Waals surface area (Å²) in [6.07, 6.45) is 1.51. The quantitative estimate of drug-likeness (QED) is 0.576. The van der Waals surface area contributed by atoms with Gasteiger partial charge < -0.3 is 10.1 Å². The zero-order valence-corrected chi connectivity index (χ0v) is 16.0. The van der Waals surface area contributed by atoms with Gasteiger partial charge in [0.25, 0.3) is 5.91 Å². The van der Waals surface area contributed by atoms with E-state index in [9.17, 15) is 10.1 Å². The lowest BCUT2D eigenvalue weighted by atomic mass is 10.1. The first-order chi connectivity index (χ1) is 12.3. The zero-order valence-electron chi connectivity index (χ0n) is 15.3. The molecule has 0 atom stereocenters. The number of aryl methyl sites for hydroxylation is 2. The summed E-state index contributed by atoms with van der Waals surface area (Å²) in [7, 11) is 0. The molecule has 0 bridgehead atoms. The van der Waals surface area contributed by atoms with Crippen molar-refractivity contribution in [2.24, 2.45) is 0 Å². The van der Waals surface area contributed by atoms with Gasteiger partial charge in [0.15, 0.2) is 0 Å². The van der Waals surface area contributed by atoms with E-state index in [1.54, 1.807) is 18.2 Å². The van der Waals surface area contributed by atoms with E-state index in [1.807, 2.05) is 52.0 Å². The fourth-order valence-corrected chi connectivity index (χ4v) is 2.52. The second-order valence-corrected chi connectivity index (χ2v) is 6.69. The largest absolute Gasteiger partial charge is 0.489 e. The molecular weight excluding hydrogens is 348 g/mol. The van der Waals surface area contributed by atoms with Crippen molar-refractivity contribution in [3.8, 4) is 11.8 Å². The number of carbonyl (C=O) groups is 1. The Labute approximate surface area is 159 Å². The molecule has 0 unspecified atom stereocenters. The number of amides is 1. The molecule has 2 aromatic rings. The minimum absolute atomic E-state index is 0.00294. The lowest BCUT2D eigenvalue weighted by Gasteiger charge is -2.11. The van der Waals surface area contributed by atoms with Crippen molar-refractivity contribution in [3.05, 3.63) is 63.7 Å². The summed E-state index contributed by atoms with van der Waals surface area (Å²) >= 11 is 6.20. The molecule has 0 aliphatic carbocycles. The van der Waals surface area contributed by atoms with Gasteiger partial charge in [-0.25, -0.2) is 0 Å². The number of nitrogens with one attached hydrogen (secondary N) is 1. The molecule has 0 aliphatic rings. The molecule has 0 fully saturated rings. The molecule has 1 amide bonds. The van der Waals surface area contributed by atoms with Crippen LogP contribution in [-0.2, 0) is 4.79 Å². The van der Waals surface area contributed by atoms with Crippen LogP contribution in [0.2, 0.25) is 5.02 Å². The standard InChI is InChI=1S/C21H21ClN2O2/c1-13(2)26-20-8-6-16(11-19(20)22)10-17(12-23)21(25)24-18-7-5-14(3)15(4)9-18/h5-11,13H,1-4H3,(H,24,25)/b17-10+. The van der Waals surface area contributed by atoms with Crippen molar-refractivity contribution in [1.29, 1.82) is 5.26 Å². The van der Waals surface area contributed by atoms with E-state index in [0.29, 0.717) is 22.0 Å². The number of nitriles is 1. The molecule has 0 saturated heterocycles. The van der Waals surface area contributed by atoms with Gasteiger partial charge in [0.05, 0.1) is 11.1 Å².